The second kappa shape index (κ2) is 7.33. The highest BCUT2D eigenvalue weighted by atomic mass is 16.4. The maximum atomic E-state index is 11.6. The number of amidine groups is 1. The van der Waals surface area contributed by atoms with Gasteiger partial charge in [0.1, 0.15) is 6.07 Å². The van der Waals surface area contributed by atoms with E-state index in [1.807, 2.05) is 0 Å². The van der Waals surface area contributed by atoms with E-state index in [1.54, 1.807) is 54.6 Å². The molecule has 0 atom stereocenters. The van der Waals surface area contributed by atoms with Gasteiger partial charge in [0.05, 0.1) is 22.5 Å². The Morgan fingerprint density at radius 1 is 1.22 bits per heavy atom. The maximum absolute atomic E-state index is 11.6. The van der Waals surface area contributed by atoms with Crippen LogP contribution in [0.2, 0.25) is 0 Å². The molecule has 0 fully saturated rings. The molecular weight excluding hydrogens is 344 g/mol. The summed E-state index contributed by atoms with van der Waals surface area (Å²) in [5, 5.41) is 29.9. The molecule has 0 amide bonds. The first-order chi connectivity index (χ1) is 13.0. The Kier molecular flexibility index (Phi) is 4.77. The van der Waals surface area contributed by atoms with Gasteiger partial charge in [-0.2, -0.15) is 10.4 Å². The molecule has 0 bridgehead atoms. The molecule has 1 heterocycles. The van der Waals surface area contributed by atoms with Crippen LogP contribution in [0.5, 0.6) is 0 Å². The minimum absolute atomic E-state index is 0.183. The summed E-state index contributed by atoms with van der Waals surface area (Å²) in [6.45, 7) is 0. The van der Waals surface area contributed by atoms with Crippen molar-refractivity contribution < 1.29 is 9.90 Å². The first kappa shape index (κ1) is 17.6. The Balaban J connectivity index is 1.95. The van der Waals surface area contributed by atoms with Crippen molar-refractivity contribution in [3.8, 4) is 17.3 Å². The maximum Gasteiger partial charge on any atom is 0.336 e. The number of pyridine rings is 1. The van der Waals surface area contributed by atoms with Gasteiger partial charge in [0.15, 0.2) is 5.84 Å². The monoisotopic (exact) mass is 358 g/mol. The van der Waals surface area contributed by atoms with E-state index < -0.39 is 11.8 Å². The number of nitrogens with zero attached hydrogens (tertiary/aromatic N) is 3. The molecular formula is C19H14N6O2. The van der Waals surface area contributed by atoms with Gasteiger partial charge in [0.2, 0.25) is 5.71 Å². The molecule has 3 rings (SSSR count). The molecule has 8 nitrogen and oxygen atoms in total. The van der Waals surface area contributed by atoms with Crippen molar-refractivity contribution in [2.75, 3.05) is 5.43 Å². The molecule has 0 unspecified atom stereocenters. The predicted molar refractivity (Wildman–Crippen MR) is 103 cm³/mol. The molecule has 0 radical (unpaired) electrons. The van der Waals surface area contributed by atoms with Gasteiger partial charge in [0, 0.05) is 10.9 Å². The fourth-order valence-corrected chi connectivity index (χ4v) is 2.48. The van der Waals surface area contributed by atoms with Gasteiger partial charge in [-0.1, -0.05) is 30.3 Å². The summed E-state index contributed by atoms with van der Waals surface area (Å²) in [6, 6.07) is 17.2. The van der Waals surface area contributed by atoms with E-state index in [2.05, 4.69) is 15.5 Å². The van der Waals surface area contributed by atoms with E-state index in [1.165, 1.54) is 6.07 Å². The summed E-state index contributed by atoms with van der Waals surface area (Å²) in [7, 11) is 0. The average Bonchev–Trinajstić information content (AvgIpc) is 2.67. The minimum Gasteiger partial charge on any atom is -0.478 e. The third-order valence-electron chi connectivity index (χ3n) is 3.79. The van der Waals surface area contributed by atoms with Gasteiger partial charge in [-0.05, 0) is 24.3 Å². The standard InChI is InChI=1S/C19H14N6O2/c20-10-17(18(21)22)25-24-12-7-5-11(6-8-12)16-9-14(19(26)27)13-3-1-2-4-15(13)23-16/h1-9,24H,(H3,21,22)(H,26,27)/b25-17+. The van der Waals surface area contributed by atoms with Crippen molar-refractivity contribution in [1.82, 2.24) is 4.98 Å². The number of hydrogen-bond donors (Lipinski definition) is 4. The Hall–Kier alpha value is -4.25. The lowest BCUT2D eigenvalue weighted by Crippen LogP contribution is -2.21. The number of hydrazone groups is 1. The van der Waals surface area contributed by atoms with Crippen LogP contribution >= 0.6 is 0 Å². The summed E-state index contributed by atoms with van der Waals surface area (Å²) in [5.74, 6) is -1.45. The van der Waals surface area contributed by atoms with Gasteiger partial charge in [-0.3, -0.25) is 10.8 Å². The molecule has 8 heteroatoms. The molecule has 132 valence electrons. The van der Waals surface area contributed by atoms with Crippen LogP contribution in [-0.2, 0) is 0 Å². The van der Waals surface area contributed by atoms with E-state index in [0.717, 1.165) is 5.56 Å². The zero-order valence-electron chi connectivity index (χ0n) is 14.0. The summed E-state index contributed by atoms with van der Waals surface area (Å²) < 4.78 is 0. The third-order valence-corrected chi connectivity index (χ3v) is 3.79. The second-order valence-corrected chi connectivity index (χ2v) is 5.55. The molecule has 27 heavy (non-hydrogen) atoms. The molecule has 1 aromatic heterocycles. The van der Waals surface area contributed by atoms with Crippen molar-refractivity contribution in [3.63, 3.8) is 0 Å². The number of carboxylic acid groups (broad SMARTS) is 1. The Bertz CT molecular complexity index is 1110. The number of nitrogens with one attached hydrogen (secondary N) is 2. The van der Waals surface area contributed by atoms with E-state index in [4.69, 9.17) is 16.4 Å². The van der Waals surface area contributed by atoms with E-state index in [-0.39, 0.29) is 11.3 Å². The van der Waals surface area contributed by atoms with Crippen LogP contribution in [0.25, 0.3) is 22.2 Å². The number of aromatic carboxylic acids is 1. The average molecular weight is 358 g/mol. The molecule has 2 aromatic carbocycles. The SMILES string of the molecule is N#C/C(=N\Nc1ccc(-c2cc(C(=O)O)c3ccccc3n2)cc1)C(=N)N. The molecule has 0 aliphatic carbocycles. The normalized spacial score (nSPS) is 11.0. The van der Waals surface area contributed by atoms with Crippen molar-refractivity contribution >= 4 is 34.1 Å². The number of rotatable bonds is 5. The molecule has 0 saturated carbocycles. The zero-order valence-corrected chi connectivity index (χ0v) is 14.0. The van der Waals surface area contributed by atoms with Crippen molar-refractivity contribution in [3.05, 3.63) is 60.2 Å². The summed E-state index contributed by atoms with van der Waals surface area (Å²) >= 11 is 0. The molecule has 0 spiro atoms. The number of carbonyl (C=O) groups is 1. The Morgan fingerprint density at radius 2 is 1.93 bits per heavy atom. The van der Waals surface area contributed by atoms with Gasteiger partial charge in [-0.25, -0.2) is 9.78 Å². The van der Waals surface area contributed by atoms with E-state index in [0.29, 0.717) is 22.3 Å². The zero-order chi connectivity index (χ0) is 19.4. The highest BCUT2D eigenvalue weighted by Crippen LogP contribution is 2.26. The highest BCUT2D eigenvalue weighted by Gasteiger charge is 2.12. The summed E-state index contributed by atoms with van der Waals surface area (Å²) in [5.41, 5.74) is 10.3. The second-order valence-electron chi connectivity index (χ2n) is 5.55. The van der Waals surface area contributed by atoms with Crippen LogP contribution in [0.4, 0.5) is 5.69 Å². The fraction of sp³-hybridized carbons (Fsp3) is 0. The smallest absolute Gasteiger partial charge is 0.336 e. The number of aromatic nitrogens is 1. The number of nitriles is 1. The Labute approximate surface area is 154 Å². The van der Waals surface area contributed by atoms with Gasteiger partial charge >= 0.3 is 5.97 Å². The van der Waals surface area contributed by atoms with Gasteiger partial charge < -0.3 is 10.8 Å². The number of fused-ring (bicyclic) bond motifs is 1. The lowest BCUT2D eigenvalue weighted by atomic mass is 10.0. The van der Waals surface area contributed by atoms with Crippen LogP contribution in [0.15, 0.2) is 59.7 Å². The quantitative estimate of drug-likeness (QED) is 0.313. The number of benzene rings is 2. The van der Waals surface area contributed by atoms with Crippen LogP contribution in [-0.4, -0.2) is 27.6 Å². The van der Waals surface area contributed by atoms with Crippen LogP contribution in [0.1, 0.15) is 10.4 Å². The number of carboxylic acids is 1. The molecule has 5 N–H and O–H groups in total. The van der Waals surface area contributed by atoms with Crippen LogP contribution in [0, 0.1) is 16.7 Å². The fourth-order valence-electron chi connectivity index (χ4n) is 2.48. The van der Waals surface area contributed by atoms with E-state index in [9.17, 15) is 9.90 Å². The Morgan fingerprint density at radius 3 is 2.56 bits per heavy atom. The van der Waals surface area contributed by atoms with Crippen molar-refractivity contribution in [1.29, 1.82) is 10.7 Å². The molecule has 0 saturated heterocycles. The van der Waals surface area contributed by atoms with Crippen LogP contribution < -0.4 is 11.2 Å². The van der Waals surface area contributed by atoms with Crippen molar-refractivity contribution in [2.24, 2.45) is 10.8 Å². The predicted octanol–water partition coefficient (Wildman–Crippen LogP) is 2.83. The van der Waals surface area contributed by atoms with E-state index >= 15 is 0 Å². The largest absolute Gasteiger partial charge is 0.478 e. The summed E-state index contributed by atoms with van der Waals surface area (Å²) in [4.78, 5) is 16.1. The third kappa shape index (κ3) is 3.72. The van der Waals surface area contributed by atoms with Gasteiger partial charge in [0.25, 0.3) is 0 Å². The highest BCUT2D eigenvalue weighted by molar-refractivity contribution is 6.45. The van der Waals surface area contributed by atoms with Crippen molar-refractivity contribution in [2.45, 2.75) is 0 Å². The lowest BCUT2D eigenvalue weighted by Gasteiger charge is -2.08. The molecule has 0 aliphatic rings. The molecule has 3 aromatic rings. The lowest BCUT2D eigenvalue weighted by molar-refractivity contribution is 0.0699. The number of para-hydroxylation sites is 1. The topological polar surface area (TPSA) is 148 Å². The molecule has 0 aliphatic heterocycles. The van der Waals surface area contributed by atoms with Crippen LogP contribution in [0.3, 0.4) is 0 Å². The minimum atomic E-state index is -1.02. The number of hydrogen-bond acceptors (Lipinski definition) is 6. The first-order valence-corrected chi connectivity index (χ1v) is 7.81. The first-order valence-electron chi connectivity index (χ1n) is 7.81. The number of anilines is 1. The number of nitrogens with two attached hydrogens (primary N) is 1. The summed E-state index contributed by atoms with van der Waals surface area (Å²) in [6.07, 6.45) is 0. The van der Waals surface area contributed by atoms with Gasteiger partial charge in [-0.15, -0.1) is 0 Å².